The van der Waals surface area contributed by atoms with E-state index in [0.29, 0.717) is 12.2 Å². The van der Waals surface area contributed by atoms with Crippen LogP contribution in [0.25, 0.3) is 0 Å². The van der Waals surface area contributed by atoms with Gasteiger partial charge in [0, 0.05) is 5.56 Å². The standard InChI is InChI=1S/C19H16FNO4S/c1-19(17(23)21-18(24)26-19)10-12-5-7-15(8-6-12)25-11-16(22)13-3-2-4-14(20)9-13/h2-9H,10-11H2,1H3,(H,21,23,24)/t19-/m1/s1. The van der Waals surface area contributed by atoms with Crippen LogP contribution in [-0.2, 0) is 11.2 Å². The van der Waals surface area contributed by atoms with E-state index in [1.807, 2.05) is 0 Å². The maximum atomic E-state index is 13.1. The number of rotatable bonds is 6. The van der Waals surface area contributed by atoms with Crippen LogP contribution in [-0.4, -0.2) is 28.3 Å². The zero-order valence-electron chi connectivity index (χ0n) is 14.0. The number of thioether (sulfide) groups is 1. The van der Waals surface area contributed by atoms with Gasteiger partial charge < -0.3 is 4.74 Å². The monoisotopic (exact) mass is 373 g/mol. The SMILES string of the molecule is C[C@]1(Cc2ccc(OCC(=O)c3cccc(F)c3)cc2)SC(=O)NC1=O. The maximum absolute atomic E-state index is 13.1. The highest BCUT2D eigenvalue weighted by Crippen LogP contribution is 2.34. The lowest BCUT2D eigenvalue weighted by atomic mass is 9.99. The van der Waals surface area contributed by atoms with Gasteiger partial charge in [-0.05, 0) is 54.9 Å². The van der Waals surface area contributed by atoms with E-state index in [2.05, 4.69) is 5.32 Å². The summed E-state index contributed by atoms with van der Waals surface area (Å²) in [6, 6.07) is 12.4. The number of carbonyl (C=O) groups excluding carboxylic acids is 3. The van der Waals surface area contributed by atoms with Crippen LogP contribution in [0.4, 0.5) is 9.18 Å². The Bertz CT molecular complexity index is 868. The summed E-state index contributed by atoms with van der Waals surface area (Å²) in [5.74, 6) is -0.601. The Morgan fingerprint density at radius 2 is 1.92 bits per heavy atom. The number of ketones is 1. The normalized spacial score (nSPS) is 19.3. The maximum Gasteiger partial charge on any atom is 0.286 e. The number of hydrogen-bond acceptors (Lipinski definition) is 5. The van der Waals surface area contributed by atoms with Gasteiger partial charge in [-0.2, -0.15) is 0 Å². The molecule has 0 radical (unpaired) electrons. The number of halogens is 1. The van der Waals surface area contributed by atoms with E-state index in [1.165, 1.54) is 24.3 Å². The van der Waals surface area contributed by atoms with Crippen molar-refractivity contribution in [2.24, 2.45) is 0 Å². The first kappa shape index (κ1) is 18.1. The second-order valence-electron chi connectivity index (χ2n) is 6.12. The van der Waals surface area contributed by atoms with Crippen molar-refractivity contribution in [3.8, 4) is 5.75 Å². The molecule has 5 nitrogen and oxygen atoms in total. The third-order valence-corrected chi connectivity index (χ3v) is 5.06. The molecule has 0 unspecified atom stereocenters. The van der Waals surface area contributed by atoms with E-state index in [9.17, 15) is 18.8 Å². The van der Waals surface area contributed by atoms with Crippen LogP contribution >= 0.6 is 11.8 Å². The number of imide groups is 1. The van der Waals surface area contributed by atoms with Gasteiger partial charge in [-0.1, -0.05) is 24.3 Å². The second-order valence-corrected chi connectivity index (χ2v) is 7.59. The first-order valence-corrected chi connectivity index (χ1v) is 8.72. The van der Waals surface area contributed by atoms with Gasteiger partial charge in [0.25, 0.3) is 5.24 Å². The van der Waals surface area contributed by atoms with E-state index < -0.39 is 10.6 Å². The lowest BCUT2D eigenvalue weighted by Gasteiger charge is -2.18. The molecule has 26 heavy (non-hydrogen) atoms. The Kier molecular flexibility index (Phi) is 5.08. The molecule has 0 aromatic heterocycles. The van der Waals surface area contributed by atoms with Crippen molar-refractivity contribution in [1.82, 2.24) is 5.32 Å². The van der Waals surface area contributed by atoms with Crippen LogP contribution in [0, 0.1) is 5.82 Å². The summed E-state index contributed by atoms with van der Waals surface area (Å²) in [5.41, 5.74) is 1.12. The van der Waals surface area contributed by atoms with Gasteiger partial charge in [0.15, 0.2) is 12.4 Å². The largest absolute Gasteiger partial charge is 0.485 e. The smallest absolute Gasteiger partial charge is 0.286 e. The number of nitrogens with one attached hydrogen (secondary N) is 1. The summed E-state index contributed by atoms with van der Waals surface area (Å²) in [6.07, 6.45) is 0.401. The van der Waals surface area contributed by atoms with Crippen molar-refractivity contribution in [3.05, 3.63) is 65.5 Å². The molecule has 2 aromatic rings. The van der Waals surface area contributed by atoms with E-state index in [4.69, 9.17) is 4.74 Å². The van der Waals surface area contributed by atoms with Crippen LogP contribution < -0.4 is 10.1 Å². The van der Waals surface area contributed by atoms with Gasteiger partial charge in [-0.15, -0.1) is 0 Å². The molecule has 0 spiro atoms. The van der Waals surface area contributed by atoms with E-state index in [0.717, 1.165) is 17.3 Å². The Morgan fingerprint density at radius 3 is 2.54 bits per heavy atom. The molecule has 2 aromatic carbocycles. The topological polar surface area (TPSA) is 72.5 Å². The van der Waals surface area contributed by atoms with Gasteiger partial charge in [0.2, 0.25) is 5.91 Å². The van der Waals surface area contributed by atoms with Crippen LogP contribution in [0.5, 0.6) is 5.75 Å². The molecule has 1 fully saturated rings. The molecule has 1 saturated heterocycles. The fourth-order valence-corrected chi connectivity index (χ4v) is 3.54. The Labute approximate surface area is 153 Å². The van der Waals surface area contributed by atoms with E-state index in [1.54, 1.807) is 31.2 Å². The fourth-order valence-electron chi connectivity index (χ4n) is 2.60. The molecular formula is C19H16FNO4S. The van der Waals surface area contributed by atoms with Crippen molar-refractivity contribution in [2.45, 2.75) is 18.1 Å². The highest BCUT2D eigenvalue weighted by atomic mass is 32.2. The molecule has 0 bridgehead atoms. The Morgan fingerprint density at radius 1 is 1.19 bits per heavy atom. The molecular weight excluding hydrogens is 357 g/mol. The molecule has 134 valence electrons. The average Bonchev–Trinajstić information content (AvgIpc) is 2.85. The second kappa shape index (κ2) is 7.29. The highest BCUT2D eigenvalue weighted by molar-refractivity contribution is 8.16. The first-order valence-electron chi connectivity index (χ1n) is 7.91. The molecule has 7 heteroatoms. The lowest BCUT2D eigenvalue weighted by molar-refractivity contribution is -0.121. The predicted octanol–water partition coefficient (Wildman–Crippen LogP) is 3.37. The third-order valence-electron chi connectivity index (χ3n) is 4.00. The number of amides is 2. The quantitative estimate of drug-likeness (QED) is 0.786. The third kappa shape index (κ3) is 4.11. The van der Waals surface area contributed by atoms with Gasteiger partial charge in [-0.25, -0.2) is 4.39 Å². The van der Waals surface area contributed by atoms with Crippen molar-refractivity contribution >= 4 is 28.7 Å². The zero-order chi connectivity index (χ0) is 18.7. The lowest BCUT2D eigenvalue weighted by Crippen LogP contribution is -2.35. The number of benzene rings is 2. The average molecular weight is 373 g/mol. The van der Waals surface area contributed by atoms with Gasteiger partial charge in [-0.3, -0.25) is 19.7 Å². The number of hydrogen-bond donors (Lipinski definition) is 1. The summed E-state index contributed by atoms with van der Waals surface area (Å²) >= 11 is 0.982. The van der Waals surface area contributed by atoms with Crippen LogP contribution in [0.15, 0.2) is 48.5 Å². The highest BCUT2D eigenvalue weighted by Gasteiger charge is 2.43. The summed E-state index contributed by atoms with van der Waals surface area (Å²) in [4.78, 5) is 35.2. The number of carbonyl (C=O) groups is 3. The summed E-state index contributed by atoms with van der Waals surface area (Å²) in [6.45, 7) is 1.52. The van der Waals surface area contributed by atoms with E-state index >= 15 is 0 Å². The minimum atomic E-state index is -0.827. The van der Waals surface area contributed by atoms with Crippen molar-refractivity contribution < 1.29 is 23.5 Å². The Hall–Kier alpha value is -2.67. The van der Waals surface area contributed by atoms with E-state index in [-0.39, 0.29) is 29.1 Å². The molecule has 1 N–H and O–H groups in total. The molecule has 1 aliphatic rings. The molecule has 1 heterocycles. The molecule has 1 atom stereocenters. The first-order chi connectivity index (χ1) is 12.4. The van der Waals surface area contributed by atoms with Crippen molar-refractivity contribution in [1.29, 1.82) is 0 Å². The molecule has 0 aliphatic carbocycles. The minimum Gasteiger partial charge on any atom is -0.485 e. The van der Waals surface area contributed by atoms with Crippen LogP contribution in [0.1, 0.15) is 22.8 Å². The van der Waals surface area contributed by atoms with Crippen LogP contribution in [0.2, 0.25) is 0 Å². The molecule has 2 amide bonds. The Balaban J connectivity index is 1.59. The zero-order valence-corrected chi connectivity index (χ0v) is 14.8. The van der Waals surface area contributed by atoms with Crippen molar-refractivity contribution in [3.63, 3.8) is 0 Å². The van der Waals surface area contributed by atoms with Crippen molar-refractivity contribution in [2.75, 3.05) is 6.61 Å². The minimum absolute atomic E-state index is 0.201. The van der Waals surface area contributed by atoms with Gasteiger partial charge >= 0.3 is 0 Å². The molecule has 3 rings (SSSR count). The molecule has 0 saturated carbocycles. The molecule has 1 aliphatic heterocycles. The number of Topliss-reactive ketones (excluding diaryl/α,β-unsaturated/α-hetero) is 1. The van der Waals surface area contributed by atoms with Crippen LogP contribution in [0.3, 0.4) is 0 Å². The van der Waals surface area contributed by atoms with Gasteiger partial charge in [0.05, 0.1) is 0 Å². The fraction of sp³-hybridized carbons (Fsp3) is 0.211. The summed E-state index contributed by atoms with van der Waals surface area (Å²) in [5, 5.41) is 1.95. The predicted molar refractivity (Wildman–Crippen MR) is 95.9 cm³/mol. The number of ether oxygens (including phenoxy) is 1. The van der Waals surface area contributed by atoms with Gasteiger partial charge in [0.1, 0.15) is 16.3 Å². The summed E-state index contributed by atoms with van der Waals surface area (Å²) in [7, 11) is 0. The summed E-state index contributed by atoms with van der Waals surface area (Å²) < 4.78 is 17.8.